The molecule has 0 atom stereocenters. The van der Waals surface area contributed by atoms with Crippen LogP contribution >= 0.6 is 0 Å². The fraction of sp³-hybridized carbons (Fsp3) is 0.571. The largest absolute Gasteiger partial charge is 0.461 e. The lowest BCUT2D eigenvalue weighted by atomic mass is 9.84. The van der Waals surface area contributed by atoms with E-state index in [0.29, 0.717) is 19.3 Å². The van der Waals surface area contributed by atoms with Gasteiger partial charge in [-0.2, -0.15) is 0 Å². The van der Waals surface area contributed by atoms with E-state index in [4.69, 9.17) is 14.2 Å². The average molecular weight is 378 g/mol. The molecule has 1 aromatic carbocycles. The van der Waals surface area contributed by atoms with Crippen LogP contribution in [0, 0.1) is 0 Å². The minimum Gasteiger partial charge on any atom is -0.461 e. The third-order valence-corrected chi connectivity index (χ3v) is 4.51. The molecule has 1 rings (SSSR count). The van der Waals surface area contributed by atoms with Gasteiger partial charge in [0, 0.05) is 20.8 Å². The highest BCUT2D eigenvalue weighted by Crippen LogP contribution is 2.32. The van der Waals surface area contributed by atoms with E-state index in [1.807, 2.05) is 20.8 Å². The molecule has 6 nitrogen and oxygen atoms in total. The zero-order valence-electron chi connectivity index (χ0n) is 17.2. The molecule has 0 unspecified atom stereocenters. The van der Waals surface area contributed by atoms with Gasteiger partial charge in [0.05, 0.1) is 0 Å². The Morgan fingerprint density at radius 1 is 0.519 bits per heavy atom. The molecule has 0 amide bonds. The van der Waals surface area contributed by atoms with Gasteiger partial charge in [-0.25, -0.2) is 0 Å². The minimum atomic E-state index is -0.359. The van der Waals surface area contributed by atoms with Gasteiger partial charge < -0.3 is 14.2 Å². The van der Waals surface area contributed by atoms with Crippen molar-refractivity contribution < 1.29 is 28.6 Å². The second-order valence-corrected chi connectivity index (χ2v) is 6.27. The van der Waals surface area contributed by atoms with Gasteiger partial charge in [0.2, 0.25) is 0 Å². The number of ether oxygens (including phenoxy) is 3. The van der Waals surface area contributed by atoms with Gasteiger partial charge in [0.25, 0.3) is 0 Å². The highest BCUT2D eigenvalue weighted by atomic mass is 16.5. The SMILES string of the molecule is CCc1c(COC(C)=O)c(CC)c(COC(C)=O)c(CC)c1COC(C)=O. The third-order valence-electron chi connectivity index (χ3n) is 4.51. The molecule has 0 aliphatic rings. The molecule has 0 N–H and O–H groups in total. The van der Waals surface area contributed by atoms with Gasteiger partial charge in [-0.3, -0.25) is 14.4 Å². The maximum absolute atomic E-state index is 11.4. The second kappa shape index (κ2) is 10.7. The number of carbonyl (C=O) groups is 3. The van der Waals surface area contributed by atoms with Crippen molar-refractivity contribution in [1.82, 2.24) is 0 Å². The summed E-state index contributed by atoms with van der Waals surface area (Å²) in [7, 11) is 0. The zero-order chi connectivity index (χ0) is 20.6. The Balaban J connectivity index is 3.67. The Morgan fingerprint density at radius 2 is 0.741 bits per heavy atom. The molecule has 0 bridgehead atoms. The Hall–Kier alpha value is -2.37. The quantitative estimate of drug-likeness (QED) is 0.483. The molecule has 0 saturated carbocycles. The molecule has 0 aliphatic heterocycles. The first kappa shape index (κ1) is 22.7. The molecule has 0 aromatic heterocycles. The lowest BCUT2D eigenvalue weighted by Crippen LogP contribution is -2.17. The van der Waals surface area contributed by atoms with E-state index in [2.05, 4.69) is 0 Å². The molecule has 0 heterocycles. The molecular formula is C21H30O6. The molecule has 0 spiro atoms. The first-order chi connectivity index (χ1) is 12.8. The average Bonchev–Trinajstić information content (AvgIpc) is 2.61. The van der Waals surface area contributed by atoms with E-state index in [9.17, 15) is 14.4 Å². The molecule has 1 aromatic rings. The first-order valence-corrected chi connectivity index (χ1v) is 9.33. The van der Waals surface area contributed by atoms with Gasteiger partial charge in [-0.05, 0) is 52.6 Å². The summed E-state index contributed by atoms with van der Waals surface area (Å²) in [5, 5.41) is 0. The summed E-state index contributed by atoms with van der Waals surface area (Å²) in [6, 6.07) is 0. The molecule has 150 valence electrons. The summed E-state index contributed by atoms with van der Waals surface area (Å²) < 4.78 is 15.9. The maximum atomic E-state index is 11.4. The molecule has 6 heteroatoms. The highest BCUT2D eigenvalue weighted by molar-refractivity contribution is 5.67. The Labute approximate surface area is 161 Å². The summed E-state index contributed by atoms with van der Waals surface area (Å²) in [6.45, 7) is 10.6. The number of hydrogen-bond acceptors (Lipinski definition) is 6. The van der Waals surface area contributed by atoms with Crippen LogP contribution in [-0.4, -0.2) is 17.9 Å². The lowest BCUT2D eigenvalue weighted by Gasteiger charge is -2.25. The lowest BCUT2D eigenvalue weighted by molar-refractivity contribution is -0.143. The first-order valence-electron chi connectivity index (χ1n) is 9.33. The standard InChI is InChI=1S/C21H30O6/c1-7-16-19(10-25-13(4)22)17(8-2)21(12-27-15(6)24)18(9-3)20(16)11-26-14(5)23/h7-12H2,1-6H3. The van der Waals surface area contributed by atoms with Crippen LogP contribution in [0.2, 0.25) is 0 Å². The fourth-order valence-corrected chi connectivity index (χ4v) is 3.42. The number of benzene rings is 1. The smallest absolute Gasteiger partial charge is 0.302 e. The molecule has 0 aliphatic carbocycles. The zero-order valence-corrected chi connectivity index (χ0v) is 17.2. The van der Waals surface area contributed by atoms with Crippen LogP contribution in [0.25, 0.3) is 0 Å². The highest BCUT2D eigenvalue weighted by Gasteiger charge is 2.23. The summed E-state index contributed by atoms with van der Waals surface area (Å²) in [4.78, 5) is 34.1. The van der Waals surface area contributed by atoms with Crippen molar-refractivity contribution >= 4 is 17.9 Å². The molecule has 27 heavy (non-hydrogen) atoms. The summed E-state index contributed by atoms with van der Waals surface area (Å²) >= 11 is 0. The maximum Gasteiger partial charge on any atom is 0.302 e. The Bertz CT molecular complexity index is 589. The Morgan fingerprint density at radius 3 is 0.889 bits per heavy atom. The van der Waals surface area contributed by atoms with Crippen LogP contribution in [0.3, 0.4) is 0 Å². The summed E-state index contributed by atoms with van der Waals surface area (Å²) in [5.41, 5.74) is 5.82. The molecule has 0 radical (unpaired) electrons. The fourth-order valence-electron chi connectivity index (χ4n) is 3.42. The van der Waals surface area contributed by atoms with E-state index in [1.54, 1.807) is 0 Å². The van der Waals surface area contributed by atoms with E-state index in [1.165, 1.54) is 20.8 Å². The van der Waals surface area contributed by atoms with Crippen molar-refractivity contribution in [3.63, 3.8) is 0 Å². The van der Waals surface area contributed by atoms with Crippen molar-refractivity contribution in [2.75, 3.05) is 0 Å². The van der Waals surface area contributed by atoms with Crippen LogP contribution in [0.1, 0.15) is 74.9 Å². The normalized spacial score (nSPS) is 10.4. The van der Waals surface area contributed by atoms with Crippen molar-refractivity contribution in [3.05, 3.63) is 33.4 Å². The Kier molecular flexibility index (Phi) is 8.98. The topological polar surface area (TPSA) is 78.9 Å². The van der Waals surface area contributed by atoms with Crippen molar-refractivity contribution in [3.8, 4) is 0 Å². The number of hydrogen-bond donors (Lipinski definition) is 0. The van der Waals surface area contributed by atoms with Crippen molar-refractivity contribution in [1.29, 1.82) is 0 Å². The summed E-state index contributed by atoms with van der Waals surface area (Å²) in [6.07, 6.45) is 2.13. The predicted octanol–water partition coefficient (Wildman–Crippen LogP) is 3.56. The van der Waals surface area contributed by atoms with Crippen LogP contribution in [0.4, 0.5) is 0 Å². The van der Waals surface area contributed by atoms with Crippen molar-refractivity contribution in [2.45, 2.75) is 80.6 Å². The monoisotopic (exact) mass is 378 g/mol. The number of carbonyl (C=O) groups excluding carboxylic acids is 3. The second-order valence-electron chi connectivity index (χ2n) is 6.27. The van der Waals surface area contributed by atoms with E-state index in [-0.39, 0.29) is 37.7 Å². The van der Waals surface area contributed by atoms with Gasteiger partial charge in [-0.15, -0.1) is 0 Å². The van der Waals surface area contributed by atoms with Crippen LogP contribution in [-0.2, 0) is 67.7 Å². The minimum absolute atomic E-state index is 0.145. The third kappa shape index (κ3) is 6.08. The van der Waals surface area contributed by atoms with Crippen LogP contribution < -0.4 is 0 Å². The van der Waals surface area contributed by atoms with E-state index in [0.717, 1.165) is 33.4 Å². The summed E-state index contributed by atoms with van der Waals surface area (Å²) in [5.74, 6) is -1.08. The van der Waals surface area contributed by atoms with Gasteiger partial charge >= 0.3 is 17.9 Å². The number of esters is 3. The van der Waals surface area contributed by atoms with Gasteiger partial charge in [0.1, 0.15) is 19.8 Å². The van der Waals surface area contributed by atoms with Crippen molar-refractivity contribution in [2.24, 2.45) is 0 Å². The van der Waals surface area contributed by atoms with Gasteiger partial charge in [-0.1, -0.05) is 20.8 Å². The van der Waals surface area contributed by atoms with Gasteiger partial charge in [0.15, 0.2) is 0 Å². The van der Waals surface area contributed by atoms with E-state index >= 15 is 0 Å². The van der Waals surface area contributed by atoms with Crippen LogP contribution in [0.5, 0.6) is 0 Å². The van der Waals surface area contributed by atoms with E-state index < -0.39 is 0 Å². The molecule has 0 fully saturated rings. The van der Waals surface area contributed by atoms with Crippen LogP contribution in [0.15, 0.2) is 0 Å². The number of rotatable bonds is 9. The predicted molar refractivity (Wildman–Crippen MR) is 101 cm³/mol. The molecular weight excluding hydrogens is 348 g/mol. The molecule has 0 saturated heterocycles.